The number of aliphatic hydroxyl groups excluding tert-OH is 1. The molecule has 0 spiro atoms. The number of likely N-dealkylation sites (tertiary alicyclic amines) is 1. The van der Waals surface area contributed by atoms with Gasteiger partial charge in [-0.1, -0.05) is 25.5 Å². The Hall–Kier alpha value is -3.32. The molecule has 4 rings (SSSR count). The highest BCUT2D eigenvalue weighted by molar-refractivity contribution is 6.46. The maximum absolute atomic E-state index is 13.2. The zero-order valence-electron chi connectivity index (χ0n) is 20.6. The number of aliphatic hydroxyl groups is 1. The predicted octanol–water partition coefficient (Wildman–Crippen LogP) is 4.65. The van der Waals surface area contributed by atoms with Gasteiger partial charge in [0, 0.05) is 32.2 Å². The lowest BCUT2D eigenvalue weighted by atomic mass is 9.94. The normalized spacial score (nSPS) is 20.7. The Labute approximate surface area is 206 Å². The molecule has 0 saturated carbocycles. The van der Waals surface area contributed by atoms with Gasteiger partial charge in [-0.25, -0.2) is 0 Å². The van der Waals surface area contributed by atoms with Crippen LogP contribution in [0.1, 0.15) is 55.8 Å². The van der Waals surface area contributed by atoms with E-state index in [2.05, 4.69) is 6.92 Å². The minimum Gasteiger partial charge on any atom is -0.507 e. The monoisotopic (exact) mass is 479 g/mol. The number of carbonyl (C=O) groups excluding carboxylic acids is 2. The van der Waals surface area contributed by atoms with E-state index in [4.69, 9.17) is 14.2 Å². The number of hydrogen-bond donors (Lipinski definition) is 1. The lowest BCUT2D eigenvalue weighted by Gasteiger charge is -2.25. The minimum atomic E-state index is -0.718. The molecule has 0 aliphatic carbocycles. The van der Waals surface area contributed by atoms with E-state index >= 15 is 0 Å². The third kappa shape index (κ3) is 5.20. The zero-order valence-corrected chi connectivity index (χ0v) is 20.6. The first-order valence-corrected chi connectivity index (χ1v) is 12.2. The number of ether oxygens (including phenoxy) is 3. The molecule has 0 bridgehead atoms. The quantitative estimate of drug-likeness (QED) is 0.231. The van der Waals surface area contributed by atoms with Crippen molar-refractivity contribution in [3.63, 3.8) is 0 Å². The lowest BCUT2D eigenvalue weighted by Crippen LogP contribution is -2.31. The Bertz CT molecular complexity index is 1120. The molecule has 1 amide bonds. The molecule has 186 valence electrons. The predicted molar refractivity (Wildman–Crippen MR) is 133 cm³/mol. The molecule has 2 aromatic rings. The fraction of sp³-hybridized carbons (Fsp3) is 0.429. The summed E-state index contributed by atoms with van der Waals surface area (Å²) in [6.07, 6.45) is 3.30. The van der Waals surface area contributed by atoms with Crippen LogP contribution in [0.15, 0.2) is 48.0 Å². The van der Waals surface area contributed by atoms with Crippen LogP contribution in [0, 0.1) is 0 Å². The summed E-state index contributed by atoms with van der Waals surface area (Å²) in [5, 5.41) is 11.4. The number of rotatable bonds is 10. The number of nitrogens with zero attached hydrogens (tertiary/aromatic N) is 1. The number of benzene rings is 2. The van der Waals surface area contributed by atoms with E-state index in [-0.39, 0.29) is 17.4 Å². The smallest absolute Gasteiger partial charge is 0.295 e. The summed E-state index contributed by atoms with van der Waals surface area (Å²) in [5.41, 5.74) is 2.27. The second-order valence-electron chi connectivity index (χ2n) is 9.07. The van der Waals surface area contributed by atoms with Crippen molar-refractivity contribution in [3.8, 4) is 11.5 Å². The number of carbonyl (C=O) groups is 2. The minimum absolute atomic E-state index is 0.0595. The van der Waals surface area contributed by atoms with Crippen molar-refractivity contribution in [1.82, 2.24) is 4.90 Å². The number of Topliss-reactive ketones (excluding diaryl/α,β-unsaturated/α-hetero) is 1. The van der Waals surface area contributed by atoms with Crippen molar-refractivity contribution in [2.24, 2.45) is 0 Å². The average molecular weight is 480 g/mol. The van der Waals surface area contributed by atoms with Gasteiger partial charge in [0.25, 0.3) is 11.7 Å². The molecule has 2 aliphatic heterocycles. The van der Waals surface area contributed by atoms with Crippen LogP contribution < -0.4 is 9.47 Å². The van der Waals surface area contributed by atoms with E-state index in [1.165, 1.54) is 4.90 Å². The van der Waals surface area contributed by atoms with Gasteiger partial charge in [-0.15, -0.1) is 0 Å². The molecule has 7 heteroatoms. The van der Waals surface area contributed by atoms with E-state index in [1.807, 2.05) is 37.3 Å². The molecule has 2 aliphatic rings. The molecule has 0 radical (unpaired) electrons. The van der Waals surface area contributed by atoms with Gasteiger partial charge in [0.05, 0.1) is 18.2 Å². The molecule has 2 aromatic carbocycles. The second-order valence-corrected chi connectivity index (χ2v) is 9.07. The van der Waals surface area contributed by atoms with Crippen LogP contribution in [0.25, 0.3) is 5.76 Å². The fourth-order valence-electron chi connectivity index (χ4n) is 4.67. The van der Waals surface area contributed by atoms with Gasteiger partial charge < -0.3 is 24.2 Å². The summed E-state index contributed by atoms with van der Waals surface area (Å²) in [5.74, 6) is -0.0395. The first-order valence-electron chi connectivity index (χ1n) is 12.2. The number of fused-ring (bicyclic) bond motifs is 1. The standard InChI is InChI=1S/C28H33NO6/c1-4-5-14-34-22-9-6-8-19(17-22)25-24(27(31)28(32)29(25)12-7-13-33-3)26(30)20-10-11-23-21(16-20)15-18(2)35-23/h6,8-11,16-18,25,30H,4-5,7,12-15H2,1-3H3/b26-24+/t18-,25+/m1/s1. The number of unbranched alkanes of at least 4 members (excludes halogenated alkanes) is 1. The molecule has 0 aromatic heterocycles. The third-order valence-corrected chi connectivity index (χ3v) is 6.40. The van der Waals surface area contributed by atoms with Crippen molar-refractivity contribution >= 4 is 17.4 Å². The summed E-state index contributed by atoms with van der Waals surface area (Å²) in [7, 11) is 1.60. The molecule has 7 nitrogen and oxygen atoms in total. The molecule has 0 unspecified atom stereocenters. The van der Waals surface area contributed by atoms with E-state index < -0.39 is 17.7 Å². The van der Waals surface area contributed by atoms with Crippen molar-refractivity contribution in [2.75, 3.05) is 26.9 Å². The van der Waals surface area contributed by atoms with Gasteiger partial charge in [0.2, 0.25) is 0 Å². The van der Waals surface area contributed by atoms with Crippen LogP contribution in [-0.2, 0) is 20.7 Å². The Morgan fingerprint density at radius 2 is 1.97 bits per heavy atom. The maximum atomic E-state index is 13.2. The summed E-state index contributed by atoms with van der Waals surface area (Å²) in [6, 6.07) is 12.1. The summed E-state index contributed by atoms with van der Waals surface area (Å²) >= 11 is 0. The SMILES string of the molecule is CCCCOc1cccc([C@H]2/C(=C(\O)c3ccc4c(c3)C[C@@H](C)O4)C(=O)C(=O)N2CCCOC)c1. The number of methoxy groups -OCH3 is 1. The fourth-order valence-corrected chi connectivity index (χ4v) is 4.67. The molecule has 35 heavy (non-hydrogen) atoms. The van der Waals surface area contributed by atoms with Crippen LogP contribution in [0.5, 0.6) is 11.5 Å². The van der Waals surface area contributed by atoms with Crippen molar-refractivity contribution in [3.05, 3.63) is 64.7 Å². The summed E-state index contributed by atoms with van der Waals surface area (Å²) in [6.45, 7) is 5.46. The van der Waals surface area contributed by atoms with Crippen LogP contribution in [-0.4, -0.2) is 54.7 Å². The third-order valence-electron chi connectivity index (χ3n) is 6.40. The Balaban J connectivity index is 1.76. The van der Waals surface area contributed by atoms with Crippen molar-refractivity contribution < 1.29 is 28.9 Å². The Morgan fingerprint density at radius 3 is 2.74 bits per heavy atom. The lowest BCUT2D eigenvalue weighted by molar-refractivity contribution is -0.140. The zero-order chi connectivity index (χ0) is 24.9. The molecule has 1 fully saturated rings. The Kier molecular flexibility index (Phi) is 7.76. The van der Waals surface area contributed by atoms with Crippen molar-refractivity contribution in [1.29, 1.82) is 0 Å². The molecular weight excluding hydrogens is 446 g/mol. The number of amides is 1. The number of ketones is 1. The van der Waals surface area contributed by atoms with Crippen LogP contribution in [0.2, 0.25) is 0 Å². The molecule has 1 N–H and O–H groups in total. The van der Waals surface area contributed by atoms with Gasteiger partial charge in [0.1, 0.15) is 23.4 Å². The van der Waals surface area contributed by atoms with E-state index in [1.54, 1.807) is 19.2 Å². The first kappa shape index (κ1) is 24.8. The molecule has 2 atom stereocenters. The summed E-state index contributed by atoms with van der Waals surface area (Å²) in [4.78, 5) is 27.9. The maximum Gasteiger partial charge on any atom is 0.295 e. The largest absolute Gasteiger partial charge is 0.507 e. The highest BCUT2D eigenvalue weighted by Crippen LogP contribution is 2.41. The van der Waals surface area contributed by atoms with Crippen molar-refractivity contribution in [2.45, 2.75) is 51.7 Å². The second kappa shape index (κ2) is 11.0. The molecule has 1 saturated heterocycles. The van der Waals surface area contributed by atoms with E-state index in [9.17, 15) is 14.7 Å². The highest BCUT2D eigenvalue weighted by atomic mass is 16.5. The first-order chi connectivity index (χ1) is 16.9. The molecular formula is C28H33NO6. The van der Waals surface area contributed by atoms with E-state index in [0.29, 0.717) is 37.5 Å². The van der Waals surface area contributed by atoms with Gasteiger partial charge >= 0.3 is 0 Å². The van der Waals surface area contributed by atoms with Crippen LogP contribution in [0.3, 0.4) is 0 Å². The highest BCUT2D eigenvalue weighted by Gasteiger charge is 2.46. The topological polar surface area (TPSA) is 85.3 Å². The number of hydrogen-bond acceptors (Lipinski definition) is 6. The summed E-state index contributed by atoms with van der Waals surface area (Å²) < 4.78 is 16.8. The van der Waals surface area contributed by atoms with Gasteiger partial charge in [0.15, 0.2) is 0 Å². The van der Waals surface area contributed by atoms with Gasteiger partial charge in [-0.05, 0) is 61.2 Å². The molecule has 2 heterocycles. The average Bonchev–Trinajstić information content (AvgIpc) is 3.35. The van der Waals surface area contributed by atoms with Crippen LogP contribution >= 0.6 is 0 Å². The van der Waals surface area contributed by atoms with Gasteiger partial charge in [-0.3, -0.25) is 9.59 Å². The van der Waals surface area contributed by atoms with Crippen LogP contribution in [0.4, 0.5) is 0 Å². The Morgan fingerprint density at radius 1 is 1.14 bits per heavy atom. The van der Waals surface area contributed by atoms with Gasteiger partial charge in [-0.2, -0.15) is 0 Å². The van der Waals surface area contributed by atoms with E-state index in [0.717, 1.165) is 36.1 Å².